The number of aryl methyl sites for hydroxylation is 1. The molecule has 3 aromatic rings. The van der Waals surface area contributed by atoms with E-state index in [1.807, 2.05) is 54.4 Å². The van der Waals surface area contributed by atoms with Crippen LogP contribution in [0.2, 0.25) is 10.0 Å². The summed E-state index contributed by atoms with van der Waals surface area (Å²) in [7, 11) is 0. The predicted molar refractivity (Wildman–Crippen MR) is 144 cm³/mol. The van der Waals surface area contributed by atoms with Gasteiger partial charge in [0.2, 0.25) is 5.13 Å². The van der Waals surface area contributed by atoms with Crippen molar-refractivity contribution in [2.24, 2.45) is 11.0 Å². The Kier molecular flexibility index (Phi) is 6.96. The highest BCUT2D eigenvalue weighted by Crippen LogP contribution is 2.48. The Morgan fingerprint density at radius 3 is 2.66 bits per heavy atom. The highest BCUT2D eigenvalue weighted by Gasteiger charge is 2.44. The summed E-state index contributed by atoms with van der Waals surface area (Å²) in [6.07, 6.45) is 5.10. The molecule has 5 rings (SSSR count). The second-order valence-electron chi connectivity index (χ2n) is 8.62. The van der Waals surface area contributed by atoms with Crippen LogP contribution in [0.5, 0.6) is 0 Å². The molecular formula is C27H25Cl2N3O2S. The molecule has 0 radical (unpaired) electrons. The molecule has 1 saturated carbocycles. The Morgan fingerprint density at radius 2 is 1.91 bits per heavy atom. The number of anilines is 1. The lowest BCUT2D eigenvalue weighted by Gasteiger charge is -2.30. The molecule has 5 nitrogen and oxygen atoms in total. The van der Waals surface area contributed by atoms with Crippen LogP contribution in [-0.4, -0.2) is 23.3 Å². The Labute approximate surface area is 219 Å². The maximum absolute atomic E-state index is 12.5. The van der Waals surface area contributed by atoms with Crippen molar-refractivity contribution >= 4 is 57.4 Å². The van der Waals surface area contributed by atoms with E-state index in [1.165, 1.54) is 16.9 Å². The predicted octanol–water partition coefficient (Wildman–Crippen LogP) is 7.74. The van der Waals surface area contributed by atoms with Gasteiger partial charge in [0.25, 0.3) is 0 Å². The minimum Gasteiger partial charge on any atom is -0.462 e. The summed E-state index contributed by atoms with van der Waals surface area (Å²) in [5, 5.41) is 9.15. The van der Waals surface area contributed by atoms with Crippen LogP contribution in [-0.2, 0) is 4.74 Å². The summed E-state index contributed by atoms with van der Waals surface area (Å²) in [6.45, 7) is 3.94. The molecule has 0 bridgehead atoms. The quantitative estimate of drug-likeness (QED) is 0.319. The Hall–Kier alpha value is -2.67. The van der Waals surface area contributed by atoms with Crippen LogP contribution in [0, 0.1) is 12.8 Å². The van der Waals surface area contributed by atoms with Crippen LogP contribution >= 0.6 is 34.5 Å². The summed E-state index contributed by atoms with van der Waals surface area (Å²) in [5.74, 6) is -0.209. The van der Waals surface area contributed by atoms with Crippen molar-refractivity contribution in [1.29, 1.82) is 0 Å². The molecule has 35 heavy (non-hydrogen) atoms. The number of nitrogens with zero attached hydrogens (tertiary/aromatic N) is 3. The van der Waals surface area contributed by atoms with Gasteiger partial charge in [-0.15, -0.1) is 0 Å². The summed E-state index contributed by atoms with van der Waals surface area (Å²) in [5.41, 5.74) is 4.83. The molecule has 1 aliphatic carbocycles. The fraction of sp³-hybridized carbons (Fsp3) is 0.296. The fourth-order valence-electron chi connectivity index (χ4n) is 4.83. The topological polar surface area (TPSA) is 54.8 Å². The number of esters is 1. The van der Waals surface area contributed by atoms with E-state index in [0.29, 0.717) is 27.3 Å². The van der Waals surface area contributed by atoms with Gasteiger partial charge >= 0.3 is 5.97 Å². The van der Waals surface area contributed by atoms with Crippen LogP contribution in [0.3, 0.4) is 0 Å². The van der Waals surface area contributed by atoms with E-state index >= 15 is 0 Å². The van der Waals surface area contributed by atoms with Crippen molar-refractivity contribution in [3.63, 3.8) is 0 Å². The number of ether oxygens (including phenoxy) is 1. The van der Waals surface area contributed by atoms with Gasteiger partial charge in [-0.1, -0.05) is 70.9 Å². The lowest BCUT2D eigenvalue weighted by atomic mass is 9.77. The van der Waals surface area contributed by atoms with E-state index in [-0.39, 0.29) is 17.9 Å². The van der Waals surface area contributed by atoms with E-state index in [4.69, 9.17) is 38.0 Å². The van der Waals surface area contributed by atoms with Gasteiger partial charge in [-0.3, -0.25) is 0 Å². The monoisotopic (exact) mass is 525 g/mol. The SMILES string of the molecule is CCOC(=O)c1sc(N2N=C3/C(=C/c4ccccc4Cl)CCC[C@@H]3[C@@H]2c2ccccc2Cl)nc1C. The number of fused-ring (bicyclic) bond motifs is 1. The Morgan fingerprint density at radius 1 is 1.17 bits per heavy atom. The van der Waals surface area contributed by atoms with Crippen LogP contribution in [0.15, 0.2) is 59.2 Å². The summed E-state index contributed by atoms with van der Waals surface area (Å²) in [4.78, 5) is 17.7. The Balaban J connectivity index is 1.62. The molecule has 0 spiro atoms. The van der Waals surface area contributed by atoms with Gasteiger partial charge in [0.15, 0.2) is 0 Å². The smallest absolute Gasteiger partial charge is 0.350 e. The first-order valence-electron chi connectivity index (χ1n) is 11.7. The molecule has 0 amide bonds. The summed E-state index contributed by atoms with van der Waals surface area (Å²) in [6, 6.07) is 15.6. The molecule has 1 aromatic heterocycles. The second-order valence-corrected chi connectivity index (χ2v) is 10.4. The van der Waals surface area contributed by atoms with E-state index in [0.717, 1.165) is 41.1 Å². The standard InChI is InChI=1S/C27H25Cl2N3O2S/c1-3-34-26(33)25-16(2)30-27(35-25)32-24(19-11-5-7-14-22(19)29)20-12-8-10-18(23(20)31-32)15-17-9-4-6-13-21(17)28/h4-7,9,11,13-15,20,24H,3,8,10,12H2,1-2H3/b18-15+/t20-,24-/m0/s1. The van der Waals surface area contributed by atoms with Crippen molar-refractivity contribution in [2.45, 2.75) is 39.2 Å². The maximum atomic E-state index is 12.5. The number of halogens is 2. The van der Waals surface area contributed by atoms with Crippen LogP contribution in [0.25, 0.3) is 6.08 Å². The molecule has 2 heterocycles. The molecule has 1 aliphatic heterocycles. The summed E-state index contributed by atoms with van der Waals surface area (Å²) >= 11 is 14.5. The highest BCUT2D eigenvalue weighted by atomic mass is 35.5. The molecule has 2 aromatic carbocycles. The molecule has 180 valence electrons. The average Bonchev–Trinajstić information content (AvgIpc) is 3.42. The third kappa shape index (κ3) is 4.63. The number of benzene rings is 2. The molecule has 2 aliphatic rings. The molecule has 0 N–H and O–H groups in total. The minimum absolute atomic E-state index is 0.116. The highest BCUT2D eigenvalue weighted by molar-refractivity contribution is 7.17. The van der Waals surface area contributed by atoms with Gasteiger partial charge in [-0.2, -0.15) is 5.10 Å². The van der Waals surface area contributed by atoms with Crippen molar-refractivity contribution in [1.82, 2.24) is 4.98 Å². The molecule has 2 atom stereocenters. The number of hydrazone groups is 1. The van der Waals surface area contributed by atoms with E-state index in [1.54, 1.807) is 6.92 Å². The first-order valence-corrected chi connectivity index (χ1v) is 13.3. The van der Waals surface area contributed by atoms with Crippen molar-refractivity contribution < 1.29 is 9.53 Å². The zero-order chi connectivity index (χ0) is 24.5. The number of hydrogen-bond donors (Lipinski definition) is 0. The number of thiazole rings is 1. The number of rotatable bonds is 5. The number of allylic oxidation sites excluding steroid dienone is 1. The van der Waals surface area contributed by atoms with Gasteiger partial charge in [0, 0.05) is 16.0 Å². The van der Waals surface area contributed by atoms with Crippen LogP contribution in [0.1, 0.15) is 58.7 Å². The Bertz CT molecular complexity index is 1330. The largest absolute Gasteiger partial charge is 0.462 e. The fourth-order valence-corrected chi connectivity index (χ4v) is 6.21. The zero-order valence-corrected chi connectivity index (χ0v) is 21.8. The van der Waals surface area contributed by atoms with Crippen LogP contribution in [0.4, 0.5) is 5.13 Å². The first kappa shape index (κ1) is 24.0. The normalized spacial score (nSPS) is 20.6. The lowest BCUT2D eigenvalue weighted by Crippen LogP contribution is -2.28. The molecular weight excluding hydrogens is 501 g/mol. The van der Waals surface area contributed by atoms with Gasteiger partial charge in [0.05, 0.1) is 24.1 Å². The van der Waals surface area contributed by atoms with Gasteiger partial charge in [-0.05, 0) is 68.0 Å². The second kappa shape index (κ2) is 10.1. The van der Waals surface area contributed by atoms with Gasteiger partial charge < -0.3 is 4.74 Å². The van der Waals surface area contributed by atoms with E-state index in [2.05, 4.69) is 12.1 Å². The van der Waals surface area contributed by atoms with E-state index < -0.39 is 0 Å². The minimum atomic E-state index is -0.355. The number of carbonyl (C=O) groups excluding carboxylic acids is 1. The maximum Gasteiger partial charge on any atom is 0.350 e. The number of aromatic nitrogens is 1. The number of carbonyl (C=O) groups is 1. The van der Waals surface area contributed by atoms with Gasteiger partial charge in [0.1, 0.15) is 4.88 Å². The van der Waals surface area contributed by atoms with E-state index in [9.17, 15) is 4.79 Å². The lowest BCUT2D eigenvalue weighted by molar-refractivity contribution is 0.0531. The third-order valence-electron chi connectivity index (χ3n) is 6.40. The molecule has 1 fully saturated rings. The van der Waals surface area contributed by atoms with Crippen molar-refractivity contribution in [2.75, 3.05) is 11.6 Å². The third-order valence-corrected chi connectivity index (χ3v) is 8.22. The molecule has 8 heteroatoms. The summed E-state index contributed by atoms with van der Waals surface area (Å²) < 4.78 is 5.24. The molecule has 0 saturated heterocycles. The van der Waals surface area contributed by atoms with Gasteiger partial charge in [-0.25, -0.2) is 14.8 Å². The first-order chi connectivity index (χ1) is 17.0. The van der Waals surface area contributed by atoms with Crippen molar-refractivity contribution in [3.8, 4) is 0 Å². The van der Waals surface area contributed by atoms with Crippen molar-refractivity contribution in [3.05, 3.63) is 85.8 Å². The van der Waals surface area contributed by atoms with Crippen LogP contribution < -0.4 is 5.01 Å². The molecule has 0 unspecified atom stereocenters. The zero-order valence-electron chi connectivity index (χ0n) is 19.5. The number of hydrogen-bond acceptors (Lipinski definition) is 6. The average molecular weight is 526 g/mol.